The molecule has 0 aliphatic rings. The van der Waals surface area contributed by atoms with Crippen LogP contribution in [0.3, 0.4) is 0 Å². The second kappa shape index (κ2) is 7.14. The molecule has 0 spiro atoms. The predicted molar refractivity (Wildman–Crippen MR) is 94.1 cm³/mol. The topological polar surface area (TPSA) is 82.5 Å². The Labute approximate surface area is 143 Å². The molecule has 0 amide bonds. The van der Waals surface area contributed by atoms with Gasteiger partial charge in [0.05, 0.1) is 11.3 Å². The van der Waals surface area contributed by atoms with Gasteiger partial charge in [0.1, 0.15) is 0 Å². The zero-order valence-corrected chi connectivity index (χ0v) is 13.6. The van der Waals surface area contributed by atoms with Crippen LogP contribution in [0.15, 0.2) is 54.6 Å². The molecular formula is C18H16N2O3S. The van der Waals surface area contributed by atoms with Gasteiger partial charge in [0.25, 0.3) is 0 Å². The quantitative estimate of drug-likeness (QED) is 0.635. The molecule has 2 aromatic carbocycles. The van der Waals surface area contributed by atoms with Gasteiger partial charge < -0.3 is 15.5 Å². The van der Waals surface area contributed by atoms with Crippen molar-refractivity contribution in [2.24, 2.45) is 0 Å². The zero-order chi connectivity index (χ0) is 16.9. The Bertz CT molecular complexity index is 829. The SMILES string of the molecule is O=C(O)Cc1ccc(Nc2nc(O)c(Cc3ccccc3)s2)cc1. The van der Waals surface area contributed by atoms with Crippen LogP contribution in [0.2, 0.25) is 0 Å². The van der Waals surface area contributed by atoms with E-state index in [1.54, 1.807) is 24.3 Å². The maximum absolute atomic E-state index is 10.7. The lowest BCUT2D eigenvalue weighted by Gasteiger charge is -2.03. The second-order valence-electron chi connectivity index (χ2n) is 5.32. The van der Waals surface area contributed by atoms with E-state index in [-0.39, 0.29) is 12.3 Å². The van der Waals surface area contributed by atoms with Crippen LogP contribution in [0, 0.1) is 0 Å². The molecule has 0 unspecified atom stereocenters. The molecule has 0 atom stereocenters. The first-order chi connectivity index (χ1) is 11.6. The van der Waals surface area contributed by atoms with Crippen molar-refractivity contribution in [3.8, 4) is 5.88 Å². The minimum absolute atomic E-state index is 0.000452. The molecule has 0 aliphatic carbocycles. The average molecular weight is 340 g/mol. The first-order valence-corrected chi connectivity index (χ1v) is 8.22. The highest BCUT2D eigenvalue weighted by atomic mass is 32.1. The van der Waals surface area contributed by atoms with Crippen molar-refractivity contribution in [2.75, 3.05) is 5.32 Å². The first kappa shape index (κ1) is 16.0. The number of nitrogens with one attached hydrogen (secondary N) is 1. The van der Waals surface area contributed by atoms with E-state index in [1.165, 1.54) is 11.3 Å². The maximum atomic E-state index is 10.7. The molecule has 1 heterocycles. The Morgan fingerprint density at radius 1 is 1.04 bits per heavy atom. The summed E-state index contributed by atoms with van der Waals surface area (Å²) in [6.07, 6.45) is 0.628. The monoisotopic (exact) mass is 340 g/mol. The largest absolute Gasteiger partial charge is 0.492 e. The van der Waals surface area contributed by atoms with Gasteiger partial charge >= 0.3 is 5.97 Å². The van der Waals surface area contributed by atoms with Gasteiger partial charge in [0.2, 0.25) is 5.88 Å². The highest BCUT2D eigenvalue weighted by molar-refractivity contribution is 7.16. The van der Waals surface area contributed by atoms with Crippen molar-refractivity contribution < 1.29 is 15.0 Å². The predicted octanol–water partition coefficient (Wildman–Crippen LogP) is 3.81. The third kappa shape index (κ3) is 4.11. The third-order valence-electron chi connectivity index (χ3n) is 3.44. The molecule has 122 valence electrons. The van der Waals surface area contributed by atoms with Crippen molar-refractivity contribution in [3.63, 3.8) is 0 Å². The van der Waals surface area contributed by atoms with Crippen LogP contribution in [0.5, 0.6) is 5.88 Å². The summed E-state index contributed by atoms with van der Waals surface area (Å²) in [7, 11) is 0. The van der Waals surface area contributed by atoms with Crippen molar-refractivity contribution in [3.05, 3.63) is 70.6 Å². The van der Waals surface area contributed by atoms with Gasteiger partial charge in [0, 0.05) is 12.1 Å². The van der Waals surface area contributed by atoms with Crippen molar-refractivity contribution in [2.45, 2.75) is 12.8 Å². The number of anilines is 2. The summed E-state index contributed by atoms with van der Waals surface area (Å²) in [4.78, 5) is 15.6. The van der Waals surface area contributed by atoms with Gasteiger partial charge in [-0.3, -0.25) is 4.79 Å². The Morgan fingerprint density at radius 3 is 2.42 bits per heavy atom. The normalized spacial score (nSPS) is 10.5. The number of carboxylic acid groups (broad SMARTS) is 1. The fourth-order valence-electron chi connectivity index (χ4n) is 2.30. The highest BCUT2D eigenvalue weighted by Crippen LogP contribution is 2.32. The molecule has 3 aromatic rings. The number of hydrogen-bond acceptors (Lipinski definition) is 5. The fourth-order valence-corrected chi connectivity index (χ4v) is 3.21. The van der Waals surface area contributed by atoms with Crippen LogP contribution in [0.25, 0.3) is 0 Å². The summed E-state index contributed by atoms with van der Waals surface area (Å²) in [5, 5.41) is 22.5. The number of carboxylic acids is 1. The number of hydrogen-bond donors (Lipinski definition) is 3. The second-order valence-corrected chi connectivity index (χ2v) is 6.40. The minimum Gasteiger partial charge on any atom is -0.492 e. The van der Waals surface area contributed by atoms with Crippen LogP contribution in [0.1, 0.15) is 16.0 Å². The highest BCUT2D eigenvalue weighted by Gasteiger charge is 2.11. The van der Waals surface area contributed by atoms with Gasteiger partial charge in [-0.2, -0.15) is 4.98 Å². The summed E-state index contributed by atoms with van der Waals surface area (Å²) in [5.41, 5.74) is 2.64. The van der Waals surface area contributed by atoms with Crippen LogP contribution in [-0.2, 0) is 17.6 Å². The third-order valence-corrected chi connectivity index (χ3v) is 4.40. The number of aromatic hydroxyl groups is 1. The molecule has 0 saturated carbocycles. The molecule has 3 N–H and O–H groups in total. The van der Waals surface area contributed by atoms with E-state index >= 15 is 0 Å². The van der Waals surface area contributed by atoms with Crippen molar-refractivity contribution >= 4 is 28.1 Å². The van der Waals surface area contributed by atoms with E-state index in [4.69, 9.17) is 5.11 Å². The van der Waals surface area contributed by atoms with Gasteiger partial charge in [-0.05, 0) is 23.3 Å². The molecule has 3 rings (SSSR count). The van der Waals surface area contributed by atoms with Gasteiger partial charge in [-0.1, -0.05) is 53.8 Å². The Kier molecular flexibility index (Phi) is 4.77. The number of aliphatic carboxylic acids is 1. The fraction of sp³-hybridized carbons (Fsp3) is 0.111. The summed E-state index contributed by atoms with van der Waals surface area (Å²) >= 11 is 1.40. The van der Waals surface area contributed by atoms with E-state index in [0.29, 0.717) is 11.6 Å². The molecule has 0 aliphatic heterocycles. The smallest absolute Gasteiger partial charge is 0.307 e. The molecular weight excluding hydrogens is 324 g/mol. The zero-order valence-electron chi connectivity index (χ0n) is 12.8. The summed E-state index contributed by atoms with van der Waals surface area (Å²) in [5.74, 6) is -0.819. The maximum Gasteiger partial charge on any atom is 0.307 e. The van der Waals surface area contributed by atoms with Crippen LogP contribution in [-0.4, -0.2) is 21.2 Å². The number of benzene rings is 2. The molecule has 0 fully saturated rings. The van der Waals surface area contributed by atoms with Crippen LogP contribution in [0.4, 0.5) is 10.8 Å². The summed E-state index contributed by atoms with van der Waals surface area (Å²) < 4.78 is 0. The molecule has 5 nitrogen and oxygen atoms in total. The summed E-state index contributed by atoms with van der Waals surface area (Å²) in [6.45, 7) is 0. The van der Waals surface area contributed by atoms with Crippen LogP contribution >= 0.6 is 11.3 Å². The molecule has 1 aromatic heterocycles. The Balaban J connectivity index is 1.69. The molecule has 6 heteroatoms. The van der Waals surface area contributed by atoms with E-state index in [0.717, 1.165) is 21.7 Å². The minimum atomic E-state index is -0.855. The van der Waals surface area contributed by atoms with Crippen molar-refractivity contribution in [1.29, 1.82) is 0 Å². The Hall–Kier alpha value is -2.86. The molecule has 0 saturated heterocycles. The number of rotatable bonds is 6. The van der Waals surface area contributed by atoms with Crippen molar-refractivity contribution in [1.82, 2.24) is 4.98 Å². The Morgan fingerprint density at radius 2 is 1.75 bits per heavy atom. The lowest BCUT2D eigenvalue weighted by Crippen LogP contribution is -1.99. The number of aromatic nitrogens is 1. The number of nitrogens with zero attached hydrogens (tertiary/aromatic N) is 1. The molecule has 0 bridgehead atoms. The van der Waals surface area contributed by atoms with Gasteiger partial charge in [-0.15, -0.1) is 0 Å². The lowest BCUT2D eigenvalue weighted by molar-refractivity contribution is -0.136. The molecule has 24 heavy (non-hydrogen) atoms. The molecule has 0 radical (unpaired) electrons. The first-order valence-electron chi connectivity index (χ1n) is 7.40. The van der Waals surface area contributed by atoms with E-state index in [1.807, 2.05) is 30.3 Å². The average Bonchev–Trinajstić information content (AvgIpc) is 2.89. The standard InChI is InChI=1S/C18H16N2O3S/c21-16(22)11-13-6-8-14(9-7-13)19-18-20-17(23)15(24-18)10-12-4-2-1-3-5-12/h1-9,23H,10-11H2,(H,19,20)(H,21,22). The van der Waals surface area contributed by atoms with E-state index < -0.39 is 5.97 Å². The summed E-state index contributed by atoms with van der Waals surface area (Å²) in [6, 6.07) is 17.0. The van der Waals surface area contributed by atoms with E-state index in [2.05, 4.69) is 10.3 Å². The lowest BCUT2D eigenvalue weighted by atomic mass is 10.1. The number of thiazole rings is 1. The van der Waals surface area contributed by atoms with Crippen LogP contribution < -0.4 is 5.32 Å². The van der Waals surface area contributed by atoms with Gasteiger partial charge in [0.15, 0.2) is 5.13 Å². The van der Waals surface area contributed by atoms with E-state index in [9.17, 15) is 9.90 Å². The number of carbonyl (C=O) groups is 1. The van der Waals surface area contributed by atoms with Gasteiger partial charge in [-0.25, -0.2) is 0 Å².